The van der Waals surface area contributed by atoms with Crippen molar-refractivity contribution >= 4 is 5.91 Å². The minimum Gasteiger partial charge on any atom is -0.342 e. The molecule has 20 heavy (non-hydrogen) atoms. The lowest BCUT2D eigenvalue weighted by Crippen LogP contribution is -2.30. The SMILES string of the molecule is O=C(CC1CCCCC1)N1CC[C@@H](c2ccccc2)C1. The minimum atomic E-state index is 0.398. The van der Waals surface area contributed by atoms with E-state index >= 15 is 0 Å². The molecule has 2 fully saturated rings. The molecule has 3 rings (SSSR count). The molecule has 1 aromatic rings. The lowest BCUT2D eigenvalue weighted by molar-refractivity contribution is -0.131. The Morgan fingerprint density at radius 1 is 1.05 bits per heavy atom. The van der Waals surface area contributed by atoms with Gasteiger partial charge in [0.15, 0.2) is 0 Å². The third-order valence-electron chi connectivity index (χ3n) is 5.00. The number of hydrogen-bond acceptors (Lipinski definition) is 1. The monoisotopic (exact) mass is 271 g/mol. The van der Waals surface area contributed by atoms with E-state index in [0.717, 1.165) is 25.9 Å². The van der Waals surface area contributed by atoms with Crippen molar-refractivity contribution in [1.82, 2.24) is 4.90 Å². The van der Waals surface area contributed by atoms with E-state index in [0.29, 0.717) is 17.7 Å². The van der Waals surface area contributed by atoms with Gasteiger partial charge in [-0.25, -0.2) is 0 Å². The molecule has 2 heteroatoms. The van der Waals surface area contributed by atoms with Crippen LogP contribution in [-0.2, 0) is 4.79 Å². The summed E-state index contributed by atoms with van der Waals surface area (Å²) < 4.78 is 0. The van der Waals surface area contributed by atoms with Crippen LogP contribution in [0.1, 0.15) is 56.4 Å². The number of nitrogens with zero attached hydrogens (tertiary/aromatic N) is 1. The van der Waals surface area contributed by atoms with Crippen LogP contribution in [0.5, 0.6) is 0 Å². The van der Waals surface area contributed by atoms with Gasteiger partial charge in [0.25, 0.3) is 0 Å². The summed E-state index contributed by atoms with van der Waals surface area (Å²) in [6.45, 7) is 1.88. The molecular weight excluding hydrogens is 246 g/mol. The average Bonchev–Trinajstić information content (AvgIpc) is 2.99. The van der Waals surface area contributed by atoms with Crippen LogP contribution in [0.2, 0.25) is 0 Å². The summed E-state index contributed by atoms with van der Waals surface area (Å²) in [7, 11) is 0. The molecule has 0 radical (unpaired) electrons. The lowest BCUT2D eigenvalue weighted by atomic mass is 9.87. The zero-order valence-electron chi connectivity index (χ0n) is 12.3. The van der Waals surface area contributed by atoms with Gasteiger partial charge in [0.2, 0.25) is 5.91 Å². The van der Waals surface area contributed by atoms with E-state index in [2.05, 4.69) is 35.2 Å². The van der Waals surface area contributed by atoms with E-state index < -0.39 is 0 Å². The molecule has 1 saturated carbocycles. The van der Waals surface area contributed by atoms with E-state index in [-0.39, 0.29) is 0 Å². The molecule has 0 N–H and O–H groups in total. The second-order valence-corrected chi connectivity index (χ2v) is 6.44. The largest absolute Gasteiger partial charge is 0.342 e. The van der Waals surface area contributed by atoms with Crippen LogP contribution in [0.3, 0.4) is 0 Å². The molecule has 1 aliphatic heterocycles. The van der Waals surface area contributed by atoms with Gasteiger partial charge in [-0.2, -0.15) is 0 Å². The highest BCUT2D eigenvalue weighted by Gasteiger charge is 2.28. The Morgan fingerprint density at radius 3 is 2.55 bits per heavy atom. The second-order valence-electron chi connectivity index (χ2n) is 6.44. The zero-order valence-corrected chi connectivity index (χ0v) is 12.3. The number of benzene rings is 1. The lowest BCUT2D eigenvalue weighted by Gasteiger charge is -2.24. The van der Waals surface area contributed by atoms with E-state index in [1.807, 2.05) is 0 Å². The van der Waals surface area contributed by atoms with Gasteiger partial charge in [-0.1, -0.05) is 49.6 Å². The molecule has 0 unspecified atom stereocenters. The predicted molar refractivity (Wildman–Crippen MR) is 81.6 cm³/mol. The summed E-state index contributed by atoms with van der Waals surface area (Å²) in [5.41, 5.74) is 1.39. The van der Waals surface area contributed by atoms with Crippen molar-refractivity contribution in [3.63, 3.8) is 0 Å². The van der Waals surface area contributed by atoms with Crippen LogP contribution in [0.4, 0.5) is 0 Å². The van der Waals surface area contributed by atoms with Crippen LogP contribution >= 0.6 is 0 Å². The summed E-state index contributed by atoms with van der Waals surface area (Å²) in [5, 5.41) is 0. The van der Waals surface area contributed by atoms with Gasteiger partial charge < -0.3 is 4.90 Å². The number of rotatable bonds is 3. The van der Waals surface area contributed by atoms with E-state index in [1.165, 1.54) is 37.7 Å². The molecule has 1 heterocycles. The van der Waals surface area contributed by atoms with Crippen molar-refractivity contribution in [2.75, 3.05) is 13.1 Å². The quantitative estimate of drug-likeness (QED) is 0.814. The Kier molecular flexibility index (Phi) is 4.39. The van der Waals surface area contributed by atoms with Crippen LogP contribution in [0, 0.1) is 5.92 Å². The summed E-state index contributed by atoms with van der Waals surface area (Å²) >= 11 is 0. The smallest absolute Gasteiger partial charge is 0.222 e. The summed E-state index contributed by atoms with van der Waals surface area (Å²) in [4.78, 5) is 14.5. The molecule has 0 spiro atoms. The standard InChI is InChI=1S/C18H25NO/c20-18(13-15-7-3-1-4-8-15)19-12-11-17(14-19)16-9-5-2-6-10-16/h2,5-6,9-10,15,17H,1,3-4,7-8,11-14H2/t17-/m1/s1. The fourth-order valence-corrected chi connectivity index (χ4v) is 3.75. The second kappa shape index (κ2) is 6.43. The van der Waals surface area contributed by atoms with Gasteiger partial charge in [-0.05, 0) is 30.7 Å². The van der Waals surface area contributed by atoms with Gasteiger partial charge in [0.05, 0.1) is 0 Å². The maximum Gasteiger partial charge on any atom is 0.222 e. The van der Waals surface area contributed by atoms with E-state index in [9.17, 15) is 4.79 Å². The van der Waals surface area contributed by atoms with E-state index in [1.54, 1.807) is 0 Å². The highest BCUT2D eigenvalue weighted by Crippen LogP contribution is 2.30. The first-order chi connectivity index (χ1) is 9.83. The van der Waals surface area contributed by atoms with Crippen molar-refractivity contribution in [3.05, 3.63) is 35.9 Å². The molecule has 2 nitrogen and oxygen atoms in total. The van der Waals surface area contributed by atoms with Gasteiger partial charge in [0.1, 0.15) is 0 Å². The van der Waals surface area contributed by atoms with Crippen molar-refractivity contribution < 1.29 is 4.79 Å². The highest BCUT2D eigenvalue weighted by molar-refractivity contribution is 5.76. The normalized spacial score (nSPS) is 24.0. The van der Waals surface area contributed by atoms with Crippen LogP contribution in [0.15, 0.2) is 30.3 Å². The molecule has 0 bridgehead atoms. The molecule has 2 aliphatic rings. The number of carbonyl (C=O) groups is 1. The number of hydrogen-bond donors (Lipinski definition) is 0. The van der Waals surface area contributed by atoms with Crippen molar-refractivity contribution in [2.45, 2.75) is 50.9 Å². The van der Waals surface area contributed by atoms with Gasteiger partial charge in [0, 0.05) is 25.4 Å². The van der Waals surface area contributed by atoms with E-state index in [4.69, 9.17) is 0 Å². The zero-order chi connectivity index (χ0) is 13.8. The molecular formula is C18H25NO. The van der Waals surface area contributed by atoms with Gasteiger partial charge >= 0.3 is 0 Å². The number of likely N-dealkylation sites (tertiary alicyclic amines) is 1. The maximum absolute atomic E-state index is 12.4. The van der Waals surface area contributed by atoms with Gasteiger partial charge in [-0.15, -0.1) is 0 Å². The minimum absolute atomic E-state index is 0.398. The third-order valence-corrected chi connectivity index (χ3v) is 5.00. The van der Waals surface area contributed by atoms with Crippen LogP contribution in [0.25, 0.3) is 0 Å². The topological polar surface area (TPSA) is 20.3 Å². The molecule has 1 aliphatic carbocycles. The fourth-order valence-electron chi connectivity index (χ4n) is 3.75. The Hall–Kier alpha value is -1.31. The molecule has 1 amide bonds. The number of amides is 1. The fraction of sp³-hybridized carbons (Fsp3) is 0.611. The first-order valence-electron chi connectivity index (χ1n) is 8.15. The summed E-state index contributed by atoms with van der Waals surface area (Å²) in [6, 6.07) is 10.6. The Bertz CT molecular complexity index is 436. The number of carbonyl (C=O) groups excluding carboxylic acids is 1. The molecule has 1 atom stereocenters. The Morgan fingerprint density at radius 2 is 1.80 bits per heavy atom. The molecule has 0 aromatic heterocycles. The predicted octanol–water partition coefficient (Wildman–Crippen LogP) is 3.97. The van der Waals surface area contributed by atoms with Crippen LogP contribution in [-0.4, -0.2) is 23.9 Å². The first kappa shape index (κ1) is 13.7. The maximum atomic E-state index is 12.4. The van der Waals surface area contributed by atoms with Crippen molar-refractivity contribution in [1.29, 1.82) is 0 Å². The third kappa shape index (κ3) is 3.23. The molecule has 108 valence electrons. The van der Waals surface area contributed by atoms with Crippen molar-refractivity contribution in [2.24, 2.45) is 5.92 Å². The summed E-state index contributed by atoms with van der Waals surface area (Å²) in [6.07, 6.45) is 8.46. The Labute approximate surface area is 122 Å². The highest BCUT2D eigenvalue weighted by atomic mass is 16.2. The molecule has 1 saturated heterocycles. The van der Waals surface area contributed by atoms with Gasteiger partial charge in [-0.3, -0.25) is 4.79 Å². The molecule has 1 aromatic carbocycles. The Balaban J connectivity index is 1.53. The first-order valence-corrected chi connectivity index (χ1v) is 8.15. The average molecular weight is 271 g/mol. The van der Waals surface area contributed by atoms with Crippen molar-refractivity contribution in [3.8, 4) is 0 Å². The van der Waals surface area contributed by atoms with Crippen LogP contribution < -0.4 is 0 Å². The summed E-state index contributed by atoms with van der Waals surface area (Å²) in [5.74, 6) is 1.61.